The average Bonchev–Trinajstić information content (AvgIpc) is 2.31. The smallest absolute Gasteiger partial charge is 0.300 e. The van der Waals surface area contributed by atoms with E-state index in [2.05, 4.69) is 4.18 Å². The zero-order valence-corrected chi connectivity index (χ0v) is 7.94. The molecule has 0 fully saturated rings. The summed E-state index contributed by atoms with van der Waals surface area (Å²) in [4.78, 5) is 0.0995. The molecule has 4 nitrogen and oxygen atoms in total. The third kappa shape index (κ3) is 1.51. The second-order valence-electron chi connectivity index (χ2n) is 2.40. The molecule has 0 unspecified atom stereocenters. The van der Waals surface area contributed by atoms with Gasteiger partial charge in [0.05, 0.1) is 7.11 Å². The third-order valence-electron chi connectivity index (χ3n) is 1.48. The molecular formula is C7H10O4S. The largest absolute Gasteiger partial charge is 0.465 e. The summed E-state index contributed by atoms with van der Waals surface area (Å²) in [6, 6.07) is 1.44. The van der Waals surface area contributed by atoms with Crippen LogP contribution in [-0.2, 0) is 14.3 Å². The molecule has 68 valence electrons. The zero-order chi connectivity index (χ0) is 9.35. The first-order valence-corrected chi connectivity index (χ1v) is 4.76. The Labute approximate surface area is 71.3 Å². The Bertz CT molecular complexity index is 374. The van der Waals surface area contributed by atoms with Crippen LogP contribution in [0.5, 0.6) is 0 Å². The van der Waals surface area contributed by atoms with Gasteiger partial charge in [-0.25, -0.2) is 0 Å². The second kappa shape index (κ2) is 2.91. The highest BCUT2D eigenvalue weighted by atomic mass is 32.2. The van der Waals surface area contributed by atoms with Crippen LogP contribution in [0.15, 0.2) is 15.4 Å². The number of furan rings is 1. The van der Waals surface area contributed by atoms with Crippen LogP contribution >= 0.6 is 0 Å². The summed E-state index contributed by atoms with van der Waals surface area (Å²) in [5.41, 5.74) is 0. The van der Waals surface area contributed by atoms with Gasteiger partial charge in [-0.15, -0.1) is 0 Å². The van der Waals surface area contributed by atoms with Crippen molar-refractivity contribution in [3.8, 4) is 0 Å². The van der Waals surface area contributed by atoms with E-state index in [1.165, 1.54) is 6.07 Å². The van der Waals surface area contributed by atoms with Crippen molar-refractivity contribution in [3.63, 3.8) is 0 Å². The van der Waals surface area contributed by atoms with E-state index in [4.69, 9.17) is 4.42 Å². The molecule has 0 N–H and O–H groups in total. The van der Waals surface area contributed by atoms with E-state index in [0.717, 1.165) is 7.11 Å². The lowest BCUT2D eigenvalue weighted by molar-refractivity contribution is 0.395. The molecule has 0 saturated carbocycles. The minimum Gasteiger partial charge on any atom is -0.465 e. The lowest BCUT2D eigenvalue weighted by atomic mass is 10.4. The maximum atomic E-state index is 11.2. The molecule has 12 heavy (non-hydrogen) atoms. The molecule has 0 amide bonds. The minimum atomic E-state index is -3.60. The Morgan fingerprint density at radius 3 is 2.33 bits per heavy atom. The van der Waals surface area contributed by atoms with Gasteiger partial charge in [0.25, 0.3) is 10.1 Å². The first kappa shape index (κ1) is 9.28. The maximum Gasteiger partial charge on any atom is 0.300 e. The summed E-state index contributed by atoms with van der Waals surface area (Å²) in [5, 5.41) is 0. The fraction of sp³-hybridized carbons (Fsp3) is 0.429. The average molecular weight is 190 g/mol. The molecule has 0 atom stereocenters. The van der Waals surface area contributed by atoms with E-state index in [-0.39, 0.29) is 4.90 Å². The highest BCUT2D eigenvalue weighted by Gasteiger charge is 2.19. The molecule has 1 rings (SSSR count). The van der Waals surface area contributed by atoms with E-state index in [9.17, 15) is 8.42 Å². The predicted molar refractivity (Wildman–Crippen MR) is 42.4 cm³/mol. The Morgan fingerprint density at radius 2 is 2.00 bits per heavy atom. The monoisotopic (exact) mass is 190 g/mol. The van der Waals surface area contributed by atoms with Gasteiger partial charge in [-0.3, -0.25) is 4.18 Å². The van der Waals surface area contributed by atoms with Gasteiger partial charge in [0.1, 0.15) is 16.4 Å². The van der Waals surface area contributed by atoms with Crippen molar-refractivity contribution in [2.45, 2.75) is 18.7 Å². The molecule has 0 aliphatic heterocycles. The van der Waals surface area contributed by atoms with E-state index in [0.29, 0.717) is 11.5 Å². The van der Waals surface area contributed by atoms with Crippen molar-refractivity contribution < 1.29 is 17.0 Å². The van der Waals surface area contributed by atoms with E-state index in [1.807, 2.05) is 0 Å². The molecule has 0 aliphatic rings. The molecule has 1 aromatic heterocycles. The standard InChI is InChI=1S/C7H10O4S/c1-5-4-7(6(2)11-5)12(8,9)10-3/h4H,1-3H3. The van der Waals surface area contributed by atoms with Crippen molar-refractivity contribution in [2.75, 3.05) is 7.11 Å². The van der Waals surface area contributed by atoms with Crippen LogP contribution in [-0.4, -0.2) is 15.5 Å². The van der Waals surface area contributed by atoms with Crippen molar-refractivity contribution in [1.29, 1.82) is 0 Å². The van der Waals surface area contributed by atoms with E-state index >= 15 is 0 Å². The molecule has 1 aromatic rings. The van der Waals surface area contributed by atoms with Gasteiger partial charge in [-0.2, -0.15) is 8.42 Å². The molecule has 0 saturated heterocycles. The van der Waals surface area contributed by atoms with Crippen molar-refractivity contribution in [2.24, 2.45) is 0 Å². The van der Waals surface area contributed by atoms with Crippen LogP contribution in [0, 0.1) is 13.8 Å². The summed E-state index contributed by atoms with van der Waals surface area (Å²) in [5.74, 6) is 0.914. The maximum absolute atomic E-state index is 11.2. The lowest BCUT2D eigenvalue weighted by Crippen LogP contribution is -2.02. The molecule has 0 aliphatic carbocycles. The normalized spacial score (nSPS) is 11.9. The molecule has 0 radical (unpaired) electrons. The Hall–Kier alpha value is -0.810. The molecule has 1 heterocycles. The summed E-state index contributed by atoms with van der Waals surface area (Å²) in [6.45, 7) is 3.26. The Morgan fingerprint density at radius 1 is 1.42 bits per heavy atom. The fourth-order valence-electron chi connectivity index (χ4n) is 0.945. The number of aryl methyl sites for hydroxylation is 2. The fourth-order valence-corrected chi connectivity index (χ4v) is 1.83. The Balaban J connectivity index is 3.29. The van der Waals surface area contributed by atoms with Gasteiger partial charge in [0, 0.05) is 6.07 Å². The highest BCUT2D eigenvalue weighted by Crippen LogP contribution is 2.20. The van der Waals surface area contributed by atoms with E-state index in [1.54, 1.807) is 13.8 Å². The van der Waals surface area contributed by atoms with E-state index < -0.39 is 10.1 Å². The van der Waals surface area contributed by atoms with Gasteiger partial charge in [0.2, 0.25) is 0 Å². The molecule has 0 aromatic carbocycles. The van der Waals surface area contributed by atoms with Crippen molar-refractivity contribution in [3.05, 3.63) is 17.6 Å². The first-order valence-electron chi connectivity index (χ1n) is 3.35. The van der Waals surface area contributed by atoms with Gasteiger partial charge in [0.15, 0.2) is 0 Å². The van der Waals surface area contributed by atoms with Crippen LogP contribution in [0.4, 0.5) is 0 Å². The van der Waals surface area contributed by atoms with Gasteiger partial charge >= 0.3 is 0 Å². The van der Waals surface area contributed by atoms with Gasteiger partial charge < -0.3 is 4.42 Å². The van der Waals surface area contributed by atoms with Gasteiger partial charge in [-0.05, 0) is 13.8 Å². The third-order valence-corrected chi connectivity index (χ3v) is 2.87. The minimum absolute atomic E-state index is 0.0995. The van der Waals surface area contributed by atoms with Crippen LogP contribution in [0.25, 0.3) is 0 Å². The second-order valence-corrected chi connectivity index (χ2v) is 4.08. The quantitative estimate of drug-likeness (QED) is 0.658. The lowest BCUT2D eigenvalue weighted by Gasteiger charge is -1.96. The molecule has 0 spiro atoms. The summed E-state index contributed by atoms with van der Waals surface area (Å²) >= 11 is 0. The molecule has 5 heteroatoms. The van der Waals surface area contributed by atoms with Crippen molar-refractivity contribution in [1.82, 2.24) is 0 Å². The van der Waals surface area contributed by atoms with Gasteiger partial charge in [-0.1, -0.05) is 0 Å². The van der Waals surface area contributed by atoms with Crippen LogP contribution < -0.4 is 0 Å². The Kier molecular flexibility index (Phi) is 2.25. The summed E-state index contributed by atoms with van der Waals surface area (Å²) < 4.78 is 31.7. The number of hydrogen-bond acceptors (Lipinski definition) is 4. The number of rotatable bonds is 2. The first-order chi connectivity index (χ1) is 5.47. The van der Waals surface area contributed by atoms with Crippen molar-refractivity contribution >= 4 is 10.1 Å². The number of hydrogen-bond donors (Lipinski definition) is 0. The summed E-state index contributed by atoms with van der Waals surface area (Å²) in [7, 11) is -2.48. The topological polar surface area (TPSA) is 56.5 Å². The van der Waals surface area contributed by atoms with Crippen LogP contribution in [0.1, 0.15) is 11.5 Å². The molecule has 0 bridgehead atoms. The predicted octanol–water partition coefficient (Wildman–Crippen LogP) is 1.23. The van der Waals surface area contributed by atoms with Crippen LogP contribution in [0.2, 0.25) is 0 Å². The zero-order valence-electron chi connectivity index (χ0n) is 7.12. The highest BCUT2D eigenvalue weighted by molar-refractivity contribution is 7.86. The molecular weight excluding hydrogens is 180 g/mol. The van der Waals surface area contributed by atoms with Crippen LogP contribution in [0.3, 0.4) is 0 Å². The SMILES string of the molecule is COS(=O)(=O)c1cc(C)oc1C. The summed E-state index contributed by atoms with van der Waals surface area (Å²) in [6.07, 6.45) is 0.